The average molecular weight is 422 g/mol. The summed E-state index contributed by atoms with van der Waals surface area (Å²) >= 11 is 0. The van der Waals surface area contributed by atoms with Gasteiger partial charge in [0.2, 0.25) is 0 Å². The van der Waals surface area contributed by atoms with Gasteiger partial charge in [-0.15, -0.1) is 0 Å². The van der Waals surface area contributed by atoms with Crippen molar-refractivity contribution in [3.8, 4) is 11.5 Å². The summed E-state index contributed by atoms with van der Waals surface area (Å²) in [5, 5.41) is 2.94. The fraction of sp³-hybridized carbons (Fsp3) is 0.120. The molecule has 0 saturated carbocycles. The number of carbonyl (C=O) groups excluding carboxylic acids is 1. The Morgan fingerprint density at radius 3 is 2.59 bits per heavy atom. The van der Waals surface area contributed by atoms with Gasteiger partial charge in [0.25, 0.3) is 5.91 Å². The zero-order valence-electron chi connectivity index (χ0n) is 17.6. The number of imidazole rings is 2. The molecular weight excluding hydrogens is 400 g/mol. The molecule has 0 spiro atoms. The van der Waals surface area contributed by atoms with Crippen LogP contribution >= 0.6 is 0 Å². The number of nitrogens with zero attached hydrogens (tertiary/aromatic N) is 5. The number of pyridine rings is 2. The Hall–Kier alpha value is -4.26. The predicted octanol–water partition coefficient (Wildman–Crippen LogP) is 3.88. The van der Waals surface area contributed by atoms with Crippen molar-refractivity contribution in [2.75, 3.05) is 0 Å². The first-order valence-electron chi connectivity index (χ1n) is 10.4. The Morgan fingerprint density at radius 1 is 0.969 bits per heavy atom. The number of benzene rings is 1. The minimum Gasteiger partial charge on any atom is -0.346 e. The maximum Gasteiger partial charge on any atom is 0.272 e. The molecule has 1 aromatic carbocycles. The van der Waals surface area contributed by atoms with Crippen LogP contribution in [0, 0.1) is 6.92 Å². The van der Waals surface area contributed by atoms with Crippen LogP contribution in [0.1, 0.15) is 27.4 Å². The molecule has 5 rings (SSSR count). The van der Waals surface area contributed by atoms with E-state index >= 15 is 0 Å². The Bertz CT molecular complexity index is 1370. The number of carbonyl (C=O) groups is 1. The van der Waals surface area contributed by atoms with Crippen molar-refractivity contribution < 1.29 is 4.79 Å². The van der Waals surface area contributed by atoms with Crippen LogP contribution in [0.3, 0.4) is 0 Å². The Labute approximate surface area is 185 Å². The molecule has 0 unspecified atom stereocenters. The SMILES string of the molecule is Cc1nc(-c2nc(C(=O)NCc3cccnc3)c3ccccn23)cn1Cc1ccccc1. The normalized spacial score (nSPS) is 11.0. The third-order valence-corrected chi connectivity index (χ3v) is 5.34. The lowest BCUT2D eigenvalue weighted by Crippen LogP contribution is -2.23. The average Bonchev–Trinajstić information content (AvgIpc) is 3.39. The van der Waals surface area contributed by atoms with Crippen molar-refractivity contribution in [1.29, 1.82) is 0 Å². The van der Waals surface area contributed by atoms with E-state index in [1.54, 1.807) is 12.4 Å². The van der Waals surface area contributed by atoms with Gasteiger partial charge in [-0.05, 0) is 36.2 Å². The van der Waals surface area contributed by atoms with Crippen LogP contribution in [0.15, 0.2) is 85.5 Å². The van der Waals surface area contributed by atoms with E-state index in [2.05, 4.69) is 27.0 Å². The molecule has 0 aliphatic rings. The molecule has 0 aliphatic heterocycles. The van der Waals surface area contributed by atoms with E-state index in [1.807, 2.05) is 72.2 Å². The molecule has 4 aromatic heterocycles. The number of hydrogen-bond donors (Lipinski definition) is 1. The number of nitrogens with one attached hydrogen (secondary N) is 1. The lowest BCUT2D eigenvalue weighted by molar-refractivity contribution is 0.0948. The molecule has 4 heterocycles. The van der Waals surface area contributed by atoms with E-state index in [1.165, 1.54) is 5.56 Å². The van der Waals surface area contributed by atoms with Gasteiger partial charge in [0.1, 0.15) is 11.5 Å². The number of aromatic nitrogens is 5. The molecule has 7 nitrogen and oxygen atoms in total. The van der Waals surface area contributed by atoms with E-state index in [0.717, 1.165) is 29.1 Å². The molecule has 32 heavy (non-hydrogen) atoms. The van der Waals surface area contributed by atoms with E-state index in [4.69, 9.17) is 9.97 Å². The van der Waals surface area contributed by atoms with Crippen LogP contribution in [0.25, 0.3) is 17.0 Å². The standard InChI is InChI=1S/C25H22N6O/c1-18-28-21(17-30(18)16-19-8-3-2-4-9-19)24-29-23(22-11-5-6-13-31(22)24)25(32)27-15-20-10-7-12-26-14-20/h2-14,17H,15-16H2,1H3,(H,27,32). The number of amides is 1. The summed E-state index contributed by atoms with van der Waals surface area (Å²) in [6.07, 6.45) is 7.33. The molecule has 0 fully saturated rings. The molecule has 0 saturated heterocycles. The first-order chi connectivity index (χ1) is 15.7. The highest BCUT2D eigenvalue weighted by atomic mass is 16.1. The van der Waals surface area contributed by atoms with Crippen molar-refractivity contribution >= 4 is 11.4 Å². The van der Waals surface area contributed by atoms with E-state index in [-0.39, 0.29) is 5.91 Å². The van der Waals surface area contributed by atoms with Crippen LogP contribution in [-0.4, -0.2) is 29.8 Å². The van der Waals surface area contributed by atoms with Gasteiger partial charge in [-0.3, -0.25) is 14.2 Å². The quantitative estimate of drug-likeness (QED) is 0.451. The van der Waals surface area contributed by atoms with Gasteiger partial charge in [0.05, 0.1) is 5.52 Å². The zero-order chi connectivity index (χ0) is 21.9. The van der Waals surface area contributed by atoms with Gasteiger partial charge in [-0.25, -0.2) is 9.97 Å². The maximum atomic E-state index is 13.0. The highest BCUT2D eigenvalue weighted by Crippen LogP contribution is 2.23. The molecule has 0 bridgehead atoms. The topological polar surface area (TPSA) is 77.1 Å². The molecule has 0 aliphatic carbocycles. The van der Waals surface area contributed by atoms with Crippen LogP contribution in [0.2, 0.25) is 0 Å². The number of hydrogen-bond acceptors (Lipinski definition) is 4. The van der Waals surface area contributed by atoms with Gasteiger partial charge in [0, 0.05) is 37.9 Å². The molecule has 1 N–H and O–H groups in total. The minimum atomic E-state index is -0.232. The molecule has 7 heteroatoms. The summed E-state index contributed by atoms with van der Waals surface area (Å²) in [7, 11) is 0. The number of rotatable bonds is 6. The van der Waals surface area contributed by atoms with Crippen molar-refractivity contribution in [1.82, 2.24) is 29.2 Å². The molecule has 5 aromatic rings. The summed E-state index contributed by atoms with van der Waals surface area (Å²) in [5.74, 6) is 1.30. The minimum absolute atomic E-state index is 0.232. The lowest BCUT2D eigenvalue weighted by Gasteiger charge is -2.04. The second-order valence-electron chi connectivity index (χ2n) is 7.57. The molecule has 0 atom stereocenters. The second-order valence-corrected chi connectivity index (χ2v) is 7.57. The van der Waals surface area contributed by atoms with Crippen LogP contribution < -0.4 is 5.32 Å². The fourth-order valence-corrected chi connectivity index (χ4v) is 3.71. The van der Waals surface area contributed by atoms with Crippen molar-refractivity contribution in [2.24, 2.45) is 0 Å². The molecule has 0 radical (unpaired) electrons. The van der Waals surface area contributed by atoms with E-state index < -0.39 is 0 Å². The third-order valence-electron chi connectivity index (χ3n) is 5.34. The monoisotopic (exact) mass is 422 g/mol. The molecular formula is C25H22N6O. The summed E-state index contributed by atoms with van der Waals surface area (Å²) in [6, 6.07) is 19.7. The zero-order valence-corrected chi connectivity index (χ0v) is 17.6. The fourth-order valence-electron chi connectivity index (χ4n) is 3.71. The Morgan fingerprint density at radius 2 is 1.78 bits per heavy atom. The van der Waals surface area contributed by atoms with Gasteiger partial charge in [-0.2, -0.15) is 0 Å². The van der Waals surface area contributed by atoms with Gasteiger partial charge in [0.15, 0.2) is 11.5 Å². The van der Waals surface area contributed by atoms with Crippen molar-refractivity contribution in [3.05, 3.63) is 108 Å². The highest BCUT2D eigenvalue weighted by molar-refractivity contribution is 5.99. The summed E-state index contributed by atoms with van der Waals surface area (Å²) < 4.78 is 4.00. The predicted molar refractivity (Wildman–Crippen MR) is 122 cm³/mol. The Kier molecular flexibility index (Phi) is 5.21. The third kappa shape index (κ3) is 3.88. The van der Waals surface area contributed by atoms with Crippen molar-refractivity contribution in [3.63, 3.8) is 0 Å². The summed E-state index contributed by atoms with van der Waals surface area (Å²) in [4.78, 5) is 26.5. The van der Waals surface area contributed by atoms with Crippen LogP contribution in [-0.2, 0) is 13.1 Å². The van der Waals surface area contributed by atoms with Crippen molar-refractivity contribution in [2.45, 2.75) is 20.0 Å². The largest absolute Gasteiger partial charge is 0.346 e. The van der Waals surface area contributed by atoms with E-state index in [9.17, 15) is 4.79 Å². The molecule has 158 valence electrons. The van der Waals surface area contributed by atoms with Crippen LogP contribution in [0.4, 0.5) is 0 Å². The highest BCUT2D eigenvalue weighted by Gasteiger charge is 2.20. The van der Waals surface area contributed by atoms with Gasteiger partial charge < -0.3 is 9.88 Å². The first-order valence-corrected chi connectivity index (χ1v) is 10.4. The van der Waals surface area contributed by atoms with Gasteiger partial charge in [-0.1, -0.05) is 42.5 Å². The Balaban J connectivity index is 1.46. The summed E-state index contributed by atoms with van der Waals surface area (Å²) in [5.41, 5.74) is 3.97. The lowest BCUT2D eigenvalue weighted by atomic mass is 10.2. The molecule has 1 amide bonds. The first kappa shape index (κ1) is 19.7. The smallest absolute Gasteiger partial charge is 0.272 e. The number of aryl methyl sites for hydroxylation is 1. The van der Waals surface area contributed by atoms with E-state index in [0.29, 0.717) is 18.1 Å². The van der Waals surface area contributed by atoms with Gasteiger partial charge >= 0.3 is 0 Å². The summed E-state index contributed by atoms with van der Waals surface area (Å²) in [6.45, 7) is 3.09. The second kappa shape index (κ2) is 8.47. The number of fused-ring (bicyclic) bond motifs is 1. The van der Waals surface area contributed by atoms with Crippen LogP contribution in [0.5, 0.6) is 0 Å². The maximum absolute atomic E-state index is 13.0.